The van der Waals surface area contributed by atoms with Gasteiger partial charge in [0.05, 0.1) is 24.4 Å². The Morgan fingerprint density at radius 2 is 1.91 bits per heavy atom. The maximum atomic E-state index is 12.5. The number of nitrogens with one attached hydrogen (secondary N) is 1. The Kier molecular flexibility index (Phi) is 7.94. The molecule has 0 spiro atoms. The number of hydrogen-bond donors (Lipinski definition) is 1. The Hall–Kier alpha value is -3.49. The number of rotatable bonds is 9. The van der Waals surface area contributed by atoms with Gasteiger partial charge in [0.25, 0.3) is 0 Å². The van der Waals surface area contributed by atoms with Crippen molar-refractivity contribution >= 4 is 50.6 Å². The Morgan fingerprint density at radius 3 is 2.66 bits per heavy atom. The molecular weight excluding hydrogens is 536 g/mol. The third-order valence-electron chi connectivity index (χ3n) is 4.95. The van der Waals surface area contributed by atoms with Crippen molar-refractivity contribution in [2.75, 3.05) is 13.7 Å². The van der Waals surface area contributed by atoms with Crippen LogP contribution in [0.5, 0.6) is 17.2 Å². The second-order valence-corrected chi connectivity index (χ2v) is 8.68. The number of benzene rings is 3. The lowest BCUT2D eigenvalue weighted by atomic mass is 10.2. The lowest BCUT2D eigenvalue weighted by Gasteiger charge is -2.13. The Morgan fingerprint density at radius 1 is 1.11 bits per heavy atom. The first-order valence-electron chi connectivity index (χ1n) is 10.7. The molecule has 1 N–H and O–H groups in total. The summed E-state index contributed by atoms with van der Waals surface area (Å²) in [6, 6.07) is 18.0. The first kappa shape index (κ1) is 24.6. The molecule has 9 heteroatoms. The number of carbonyl (C=O) groups is 1. The van der Waals surface area contributed by atoms with Gasteiger partial charge in [-0.05, 0) is 82.5 Å². The predicted octanol–water partition coefficient (Wildman–Crippen LogP) is 6.60. The number of methoxy groups -OCH3 is 1. The number of ether oxygens (including phenoxy) is 3. The van der Waals surface area contributed by atoms with Gasteiger partial charge in [0, 0.05) is 10.4 Å². The van der Waals surface area contributed by atoms with E-state index in [1.807, 2.05) is 43.3 Å². The van der Waals surface area contributed by atoms with E-state index in [1.165, 1.54) is 6.21 Å². The quantitative estimate of drug-likeness (QED) is 0.185. The third kappa shape index (κ3) is 6.15. The summed E-state index contributed by atoms with van der Waals surface area (Å²) in [5, 5.41) is 5.48. The highest BCUT2D eigenvalue weighted by atomic mass is 79.9. The highest BCUT2D eigenvalue weighted by Gasteiger charge is 2.14. The molecule has 0 fully saturated rings. The zero-order valence-electron chi connectivity index (χ0n) is 19.0. The van der Waals surface area contributed by atoms with Gasteiger partial charge in [0.15, 0.2) is 17.3 Å². The summed E-state index contributed by atoms with van der Waals surface area (Å²) in [4.78, 5) is 12.5. The molecular formula is C26H22BrClN2O5. The van der Waals surface area contributed by atoms with Crippen LogP contribution < -0.4 is 19.6 Å². The lowest BCUT2D eigenvalue weighted by Crippen LogP contribution is -2.16. The zero-order valence-corrected chi connectivity index (χ0v) is 21.4. The Balaban J connectivity index is 1.42. The van der Waals surface area contributed by atoms with E-state index >= 15 is 0 Å². The third-order valence-corrected chi connectivity index (χ3v) is 5.79. The second kappa shape index (κ2) is 11.3. The van der Waals surface area contributed by atoms with Gasteiger partial charge in [-0.15, -0.1) is 0 Å². The average Bonchev–Trinajstić information content (AvgIpc) is 3.28. The summed E-state index contributed by atoms with van der Waals surface area (Å²) in [5.74, 6) is 1.46. The van der Waals surface area contributed by atoms with E-state index in [2.05, 4.69) is 26.5 Å². The van der Waals surface area contributed by atoms with Crippen molar-refractivity contribution in [3.63, 3.8) is 0 Å². The molecule has 35 heavy (non-hydrogen) atoms. The highest BCUT2D eigenvalue weighted by molar-refractivity contribution is 9.10. The molecule has 0 atom stereocenters. The normalized spacial score (nSPS) is 11.1. The van der Waals surface area contributed by atoms with Gasteiger partial charge in [-0.1, -0.05) is 23.7 Å². The van der Waals surface area contributed by atoms with Crippen LogP contribution in [0.2, 0.25) is 5.02 Å². The van der Waals surface area contributed by atoms with Crippen molar-refractivity contribution in [1.29, 1.82) is 0 Å². The molecule has 1 aromatic heterocycles. The van der Waals surface area contributed by atoms with Crippen LogP contribution in [0.15, 0.2) is 74.7 Å². The Bertz CT molecular complexity index is 1370. The molecule has 1 amide bonds. The summed E-state index contributed by atoms with van der Waals surface area (Å²) in [7, 11) is 1.55. The van der Waals surface area contributed by atoms with Gasteiger partial charge >= 0.3 is 5.91 Å². The summed E-state index contributed by atoms with van der Waals surface area (Å²) >= 11 is 9.45. The van der Waals surface area contributed by atoms with Crippen LogP contribution in [0.3, 0.4) is 0 Å². The summed E-state index contributed by atoms with van der Waals surface area (Å²) in [5.41, 5.74) is 4.73. The van der Waals surface area contributed by atoms with Crippen molar-refractivity contribution in [3.8, 4) is 17.2 Å². The molecule has 0 aliphatic rings. The van der Waals surface area contributed by atoms with Crippen LogP contribution in [0.1, 0.15) is 28.6 Å². The molecule has 180 valence electrons. The minimum absolute atomic E-state index is 0.149. The van der Waals surface area contributed by atoms with Gasteiger partial charge in [-0.2, -0.15) is 5.10 Å². The fourth-order valence-electron chi connectivity index (χ4n) is 3.30. The van der Waals surface area contributed by atoms with Crippen LogP contribution >= 0.6 is 27.5 Å². The van der Waals surface area contributed by atoms with Crippen LogP contribution in [0.25, 0.3) is 11.0 Å². The van der Waals surface area contributed by atoms with Gasteiger partial charge in [-0.3, -0.25) is 4.79 Å². The van der Waals surface area contributed by atoms with Crippen LogP contribution in [-0.4, -0.2) is 25.8 Å². The molecule has 4 aromatic rings. The van der Waals surface area contributed by atoms with E-state index in [0.717, 1.165) is 10.9 Å². The smallest absolute Gasteiger partial charge is 0.307 e. The number of hydrazone groups is 1. The molecule has 0 saturated carbocycles. The molecule has 0 aliphatic heterocycles. The number of hydrogen-bond acceptors (Lipinski definition) is 6. The minimum atomic E-state index is -0.468. The molecule has 0 unspecified atom stereocenters. The van der Waals surface area contributed by atoms with E-state index in [-0.39, 0.29) is 5.76 Å². The molecule has 0 bridgehead atoms. The molecule has 3 aromatic carbocycles. The number of fused-ring (bicyclic) bond motifs is 1. The monoisotopic (exact) mass is 556 g/mol. The fourth-order valence-corrected chi connectivity index (χ4v) is 4.00. The van der Waals surface area contributed by atoms with E-state index in [1.54, 1.807) is 31.4 Å². The summed E-state index contributed by atoms with van der Waals surface area (Å²) in [6.07, 6.45) is 1.50. The number of furan rings is 1. The van der Waals surface area contributed by atoms with Gasteiger partial charge in [0.1, 0.15) is 17.9 Å². The molecule has 0 radical (unpaired) electrons. The summed E-state index contributed by atoms with van der Waals surface area (Å²) in [6.45, 7) is 2.81. The van der Waals surface area contributed by atoms with Crippen LogP contribution in [0.4, 0.5) is 0 Å². The average molecular weight is 558 g/mol. The van der Waals surface area contributed by atoms with E-state index in [4.69, 9.17) is 30.2 Å². The summed E-state index contributed by atoms with van der Waals surface area (Å²) < 4.78 is 23.2. The maximum Gasteiger partial charge on any atom is 0.307 e. The Labute approximate surface area is 215 Å². The number of carbonyl (C=O) groups excluding carboxylic acids is 1. The van der Waals surface area contributed by atoms with E-state index in [9.17, 15) is 4.79 Å². The maximum absolute atomic E-state index is 12.5. The second-order valence-electron chi connectivity index (χ2n) is 7.39. The van der Waals surface area contributed by atoms with Crippen LogP contribution in [-0.2, 0) is 6.61 Å². The molecule has 1 heterocycles. The largest absolute Gasteiger partial charge is 0.494 e. The van der Waals surface area contributed by atoms with Crippen molar-refractivity contribution in [2.24, 2.45) is 5.10 Å². The predicted molar refractivity (Wildman–Crippen MR) is 139 cm³/mol. The fraction of sp³-hybridized carbons (Fsp3) is 0.154. The molecule has 7 nitrogen and oxygen atoms in total. The first-order valence-corrected chi connectivity index (χ1v) is 11.9. The number of nitrogens with zero attached hydrogens (tertiary/aromatic N) is 1. The highest BCUT2D eigenvalue weighted by Crippen LogP contribution is 2.37. The van der Waals surface area contributed by atoms with Gasteiger partial charge in [0.2, 0.25) is 0 Å². The van der Waals surface area contributed by atoms with Gasteiger partial charge in [-0.25, -0.2) is 5.43 Å². The number of amides is 1. The van der Waals surface area contributed by atoms with Crippen molar-refractivity contribution in [3.05, 3.63) is 87.0 Å². The van der Waals surface area contributed by atoms with Crippen molar-refractivity contribution < 1.29 is 23.4 Å². The molecule has 0 aliphatic carbocycles. The van der Waals surface area contributed by atoms with Crippen molar-refractivity contribution in [1.82, 2.24) is 5.43 Å². The molecule has 4 rings (SSSR count). The first-order chi connectivity index (χ1) is 17.0. The lowest BCUT2D eigenvalue weighted by molar-refractivity contribution is 0.0929. The number of halogens is 2. The van der Waals surface area contributed by atoms with Crippen molar-refractivity contribution in [2.45, 2.75) is 13.5 Å². The van der Waals surface area contributed by atoms with Gasteiger partial charge < -0.3 is 18.6 Å². The SMILES string of the molecule is CCOc1ccc2oc(C(=O)N/N=C/c3cc(Br)c(OCc4ccc(Cl)cc4)c(OC)c3)cc2c1. The minimum Gasteiger partial charge on any atom is -0.494 e. The zero-order chi connectivity index (χ0) is 24.8. The topological polar surface area (TPSA) is 82.3 Å². The van der Waals surface area contributed by atoms with E-state index in [0.29, 0.717) is 51.1 Å². The van der Waals surface area contributed by atoms with Crippen LogP contribution in [0, 0.1) is 0 Å². The van der Waals surface area contributed by atoms with E-state index < -0.39 is 5.91 Å². The molecule has 0 saturated heterocycles. The standard InChI is InChI=1S/C26H22BrClN2O5/c1-3-33-20-8-9-22-18(12-20)13-24(35-22)26(31)30-29-14-17-10-21(27)25(23(11-17)32-2)34-15-16-4-6-19(28)7-5-16/h4-14H,3,15H2,1-2H3,(H,30,31)/b29-14+.